The monoisotopic (exact) mass is 352 g/mol. The average molecular weight is 352 g/mol. The summed E-state index contributed by atoms with van der Waals surface area (Å²) in [5, 5.41) is 2.02. The van der Waals surface area contributed by atoms with Crippen molar-refractivity contribution in [3.63, 3.8) is 0 Å². The fourth-order valence-corrected chi connectivity index (χ4v) is 3.44. The van der Waals surface area contributed by atoms with E-state index in [-0.39, 0.29) is 30.6 Å². The standard InChI is InChI=1S/C17H24N2O4S/c1-23-17(22)8-7-16(21)19-10-3-9-18(11-12-19)15(20)6-5-14-4-2-13-24-14/h2,4,13H,3,5-12H2,1H3. The van der Waals surface area contributed by atoms with Crippen LogP contribution in [0, 0.1) is 0 Å². The summed E-state index contributed by atoms with van der Waals surface area (Å²) in [6, 6.07) is 4.04. The van der Waals surface area contributed by atoms with E-state index in [2.05, 4.69) is 4.74 Å². The second kappa shape index (κ2) is 9.42. The quantitative estimate of drug-likeness (QED) is 0.731. The van der Waals surface area contributed by atoms with E-state index >= 15 is 0 Å². The third kappa shape index (κ3) is 5.63. The molecular weight excluding hydrogens is 328 g/mol. The van der Waals surface area contributed by atoms with Gasteiger partial charge in [0.1, 0.15) is 0 Å². The third-order valence-electron chi connectivity index (χ3n) is 4.14. The minimum Gasteiger partial charge on any atom is -0.469 e. The summed E-state index contributed by atoms with van der Waals surface area (Å²) in [6.45, 7) is 2.41. The van der Waals surface area contributed by atoms with Crippen LogP contribution in [0.1, 0.15) is 30.6 Å². The van der Waals surface area contributed by atoms with Crippen molar-refractivity contribution in [3.8, 4) is 0 Å². The number of aryl methyl sites for hydroxylation is 1. The number of hydrogen-bond acceptors (Lipinski definition) is 5. The Labute approximate surface area is 146 Å². The summed E-state index contributed by atoms with van der Waals surface area (Å²) in [5.74, 6) is -0.274. The van der Waals surface area contributed by atoms with Crippen LogP contribution in [0.2, 0.25) is 0 Å². The van der Waals surface area contributed by atoms with E-state index in [9.17, 15) is 14.4 Å². The molecule has 1 aliphatic heterocycles. The van der Waals surface area contributed by atoms with Crippen LogP contribution >= 0.6 is 11.3 Å². The first-order chi connectivity index (χ1) is 11.6. The first-order valence-electron chi connectivity index (χ1n) is 8.25. The average Bonchev–Trinajstić information content (AvgIpc) is 2.99. The number of amides is 2. The Morgan fingerprint density at radius 1 is 1.04 bits per heavy atom. The summed E-state index contributed by atoms with van der Waals surface area (Å²) in [5.41, 5.74) is 0. The molecule has 1 aromatic rings. The van der Waals surface area contributed by atoms with Crippen LogP contribution in [0.4, 0.5) is 0 Å². The molecule has 1 fully saturated rings. The normalized spacial score (nSPS) is 15.0. The molecule has 7 heteroatoms. The number of carbonyl (C=O) groups is 3. The fraction of sp³-hybridized carbons (Fsp3) is 0.588. The van der Waals surface area contributed by atoms with Crippen molar-refractivity contribution in [3.05, 3.63) is 22.4 Å². The lowest BCUT2D eigenvalue weighted by atomic mass is 10.2. The SMILES string of the molecule is COC(=O)CCC(=O)N1CCCN(C(=O)CCc2cccs2)CC1. The van der Waals surface area contributed by atoms with Crippen molar-refractivity contribution in [1.82, 2.24) is 9.80 Å². The van der Waals surface area contributed by atoms with Crippen molar-refractivity contribution >= 4 is 29.1 Å². The Morgan fingerprint density at radius 3 is 2.29 bits per heavy atom. The van der Waals surface area contributed by atoms with Gasteiger partial charge in [0, 0.05) is 43.9 Å². The Bertz CT molecular complexity index is 559. The van der Waals surface area contributed by atoms with Crippen molar-refractivity contribution < 1.29 is 19.1 Å². The molecule has 1 saturated heterocycles. The van der Waals surface area contributed by atoms with Crippen molar-refractivity contribution in [2.75, 3.05) is 33.3 Å². The first kappa shape index (κ1) is 18.4. The minimum atomic E-state index is -0.372. The summed E-state index contributed by atoms with van der Waals surface area (Å²) in [7, 11) is 1.32. The van der Waals surface area contributed by atoms with Crippen LogP contribution in [0.15, 0.2) is 17.5 Å². The Balaban J connectivity index is 1.75. The second-order valence-corrected chi connectivity index (χ2v) is 6.80. The molecule has 0 saturated carbocycles. The van der Waals surface area contributed by atoms with E-state index in [1.807, 2.05) is 22.4 Å². The van der Waals surface area contributed by atoms with E-state index in [1.54, 1.807) is 16.2 Å². The lowest BCUT2D eigenvalue weighted by Crippen LogP contribution is -2.37. The number of thiophene rings is 1. The third-order valence-corrected chi connectivity index (χ3v) is 5.07. The van der Waals surface area contributed by atoms with Crippen molar-refractivity contribution in [2.24, 2.45) is 0 Å². The number of esters is 1. The highest BCUT2D eigenvalue weighted by Crippen LogP contribution is 2.13. The lowest BCUT2D eigenvalue weighted by molar-refractivity contribution is -0.143. The van der Waals surface area contributed by atoms with Gasteiger partial charge in [0.25, 0.3) is 0 Å². The van der Waals surface area contributed by atoms with Gasteiger partial charge < -0.3 is 14.5 Å². The van der Waals surface area contributed by atoms with Gasteiger partial charge in [-0.1, -0.05) is 6.07 Å². The summed E-state index contributed by atoms with van der Waals surface area (Å²) in [4.78, 5) is 40.4. The van der Waals surface area contributed by atoms with Crippen LogP contribution < -0.4 is 0 Å². The highest BCUT2D eigenvalue weighted by Gasteiger charge is 2.22. The maximum absolute atomic E-state index is 12.3. The molecule has 1 aliphatic rings. The molecule has 1 aromatic heterocycles. The zero-order valence-corrected chi connectivity index (χ0v) is 14.8. The maximum Gasteiger partial charge on any atom is 0.306 e. The van der Waals surface area contributed by atoms with E-state index in [1.165, 1.54) is 12.0 Å². The molecule has 0 aromatic carbocycles. The highest BCUT2D eigenvalue weighted by molar-refractivity contribution is 7.09. The molecule has 2 rings (SSSR count). The molecule has 0 unspecified atom stereocenters. The summed E-state index contributed by atoms with van der Waals surface area (Å²) < 4.78 is 4.56. The summed E-state index contributed by atoms with van der Waals surface area (Å²) >= 11 is 1.67. The predicted molar refractivity (Wildman–Crippen MR) is 91.7 cm³/mol. The van der Waals surface area contributed by atoms with Gasteiger partial charge >= 0.3 is 5.97 Å². The van der Waals surface area contributed by atoms with Gasteiger partial charge in [0.2, 0.25) is 11.8 Å². The van der Waals surface area contributed by atoms with Crippen molar-refractivity contribution in [2.45, 2.75) is 32.1 Å². The molecule has 0 spiro atoms. The Kier molecular flexibility index (Phi) is 7.24. The van der Waals surface area contributed by atoms with Gasteiger partial charge in [0.15, 0.2) is 0 Å². The molecule has 0 aliphatic carbocycles. The van der Waals surface area contributed by atoms with E-state index in [0.29, 0.717) is 32.6 Å². The topological polar surface area (TPSA) is 66.9 Å². The number of nitrogens with zero attached hydrogens (tertiary/aromatic N) is 2. The van der Waals surface area contributed by atoms with Gasteiger partial charge in [-0.2, -0.15) is 0 Å². The molecule has 6 nitrogen and oxygen atoms in total. The lowest BCUT2D eigenvalue weighted by Gasteiger charge is -2.22. The zero-order valence-electron chi connectivity index (χ0n) is 14.0. The molecule has 0 N–H and O–H groups in total. The molecule has 2 heterocycles. The number of methoxy groups -OCH3 is 1. The van der Waals surface area contributed by atoms with E-state index < -0.39 is 0 Å². The number of rotatable bonds is 6. The van der Waals surface area contributed by atoms with Crippen LogP contribution in [0.5, 0.6) is 0 Å². The molecule has 24 heavy (non-hydrogen) atoms. The minimum absolute atomic E-state index is 0.0479. The van der Waals surface area contributed by atoms with E-state index in [0.717, 1.165) is 12.8 Å². The van der Waals surface area contributed by atoms with Crippen LogP contribution in [0.3, 0.4) is 0 Å². The fourth-order valence-electron chi connectivity index (χ4n) is 2.73. The smallest absolute Gasteiger partial charge is 0.306 e. The van der Waals surface area contributed by atoms with Gasteiger partial charge in [0.05, 0.1) is 13.5 Å². The molecule has 0 bridgehead atoms. The van der Waals surface area contributed by atoms with Crippen molar-refractivity contribution in [1.29, 1.82) is 0 Å². The molecule has 2 amide bonds. The summed E-state index contributed by atoms with van der Waals surface area (Å²) in [6.07, 6.45) is 2.33. The number of hydrogen-bond donors (Lipinski definition) is 0. The van der Waals surface area contributed by atoms with E-state index in [4.69, 9.17) is 0 Å². The molecule has 0 atom stereocenters. The molecule has 0 radical (unpaired) electrons. The maximum atomic E-state index is 12.3. The molecular formula is C17H24N2O4S. The van der Waals surface area contributed by atoms with Crippen LogP contribution in [0.25, 0.3) is 0 Å². The van der Waals surface area contributed by atoms with Crippen LogP contribution in [-0.4, -0.2) is 60.9 Å². The van der Waals surface area contributed by atoms with Gasteiger partial charge in [-0.3, -0.25) is 14.4 Å². The van der Waals surface area contributed by atoms with Gasteiger partial charge in [-0.05, 0) is 24.3 Å². The van der Waals surface area contributed by atoms with Gasteiger partial charge in [-0.25, -0.2) is 0 Å². The first-order valence-corrected chi connectivity index (χ1v) is 9.13. The predicted octanol–water partition coefficient (Wildman–Crippen LogP) is 1.69. The number of ether oxygens (including phenoxy) is 1. The highest BCUT2D eigenvalue weighted by atomic mass is 32.1. The number of carbonyl (C=O) groups excluding carboxylic acids is 3. The Hall–Kier alpha value is -1.89. The van der Waals surface area contributed by atoms with Gasteiger partial charge in [-0.15, -0.1) is 11.3 Å². The molecule has 132 valence electrons. The second-order valence-electron chi connectivity index (χ2n) is 5.77. The zero-order chi connectivity index (χ0) is 17.4. The largest absolute Gasteiger partial charge is 0.469 e. The van der Waals surface area contributed by atoms with Crippen LogP contribution in [-0.2, 0) is 25.5 Å². The Morgan fingerprint density at radius 2 is 1.71 bits per heavy atom.